The van der Waals surface area contributed by atoms with Crippen LogP contribution in [0, 0.1) is 5.82 Å². The molecule has 1 N–H and O–H groups in total. The van der Waals surface area contributed by atoms with Crippen molar-refractivity contribution in [3.63, 3.8) is 0 Å². The zero-order valence-corrected chi connectivity index (χ0v) is 21.8. The first-order valence-corrected chi connectivity index (χ1v) is 12.5. The van der Waals surface area contributed by atoms with Gasteiger partial charge in [0.2, 0.25) is 17.6 Å². The third-order valence-electron chi connectivity index (χ3n) is 5.82. The van der Waals surface area contributed by atoms with Gasteiger partial charge < -0.3 is 15.0 Å². The van der Waals surface area contributed by atoms with Crippen LogP contribution < -0.4 is 5.32 Å². The Morgan fingerprint density at radius 2 is 1.89 bits per heavy atom. The van der Waals surface area contributed by atoms with E-state index in [2.05, 4.69) is 20.7 Å². The smallest absolute Gasteiger partial charge is 0.247 e. The van der Waals surface area contributed by atoms with Crippen LogP contribution in [0.3, 0.4) is 0 Å². The standard InChI is InChI=1S/C26H30ClFN6O3/c1-26(2,3)29-25(36)23(17-6-10-19(27)11-7-17)33(15-21-5-4-14-37-21)22(35)16-34-31-24(30-32-34)18-8-12-20(28)13-9-18/h6-13,21,23H,4-5,14-16H2,1-3H3,(H,29,36)/t21-,23+/m1/s1. The SMILES string of the molecule is CC(C)(C)NC(=O)[C@H](c1ccc(Cl)cc1)N(C[C@H]1CCCO1)C(=O)Cn1nnc(-c2ccc(F)cc2)n1. The Balaban J connectivity index is 1.64. The molecular formula is C26H30ClFN6O3. The highest BCUT2D eigenvalue weighted by Gasteiger charge is 2.35. The fraction of sp³-hybridized carbons (Fsp3) is 0.423. The van der Waals surface area contributed by atoms with Crippen molar-refractivity contribution in [2.24, 2.45) is 0 Å². The number of hydrogen-bond acceptors (Lipinski definition) is 6. The van der Waals surface area contributed by atoms with Crippen LogP contribution in [0.15, 0.2) is 48.5 Å². The number of hydrogen-bond donors (Lipinski definition) is 1. The summed E-state index contributed by atoms with van der Waals surface area (Å²) in [6.07, 6.45) is 1.48. The molecule has 1 fully saturated rings. The number of halogens is 2. The molecule has 2 aromatic carbocycles. The van der Waals surface area contributed by atoms with Crippen LogP contribution in [-0.2, 0) is 20.9 Å². The number of nitrogens with zero attached hydrogens (tertiary/aromatic N) is 5. The van der Waals surface area contributed by atoms with Crippen molar-refractivity contribution in [3.05, 3.63) is 64.9 Å². The summed E-state index contributed by atoms with van der Waals surface area (Å²) in [6.45, 7) is 6.24. The van der Waals surface area contributed by atoms with Crippen LogP contribution in [0.1, 0.15) is 45.2 Å². The van der Waals surface area contributed by atoms with Gasteiger partial charge in [-0.15, -0.1) is 10.2 Å². The molecule has 9 nitrogen and oxygen atoms in total. The topological polar surface area (TPSA) is 102 Å². The van der Waals surface area contributed by atoms with Gasteiger partial charge in [-0.05, 0) is 80.8 Å². The maximum absolute atomic E-state index is 13.7. The minimum Gasteiger partial charge on any atom is -0.376 e. The second-order valence-electron chi connectivity index (χ2n) is 10.0. The van der Waals surface area contributed by atoms with Gasteiger partial charge in [-0.1, -0.05) is 23.7 Å². The van der Waals surface area contributed by atoms with Crippen LogP contribution in [0.25, 0.3) is 11.4 Å². The monoisotopic (exact) mass is 528 g/mol. The lowest BCUT2D eigenvalue weighted by Gasteiger charge is -2.35. The molecule has 1 aromatic heterocycles. The number of nitrogens with one attached hydrogen (secondary N) is 1. The van der Waals surface area contributed by atoms with Crippen molar-refractivity contribution in [1.82, 2.24) is 30.4 Å². The summed E-state index contributed by atoms with van der Waals surface area (Å²) in [4.78, 5) is 30.0. The lowest BCUT2D eigenvalue weighted by molar-refractivity contribution is -0.144. The van der Waals surface area contributed by atoms with Gasteiger partial charge in [-0.2, -0.15) is 4.80 Å². The van der Waals surface area contributed by atoms with Crippen LogP contribution in [-0.4, -0.2) is 61.7 Å². The molecule has 4 rings (SSSR count). The van der Waals surface area contributed by atoms with Gasteiger partial charge in [-0.3, -0.25) is 9.59 Å². The molecule has 0 aliphatic carbocycles. The Hall–Kier alpha value is -3.37. The largest absolute Gasteiger partial charge is 0.376 e. The predicted octanol–water partition coefficient (Wildman–Crippen LogP) is 3.80. The minimum atomic E-state index is -0.923. The minimum absolute atomic E-state index is 0.195. The van der Waals surface area contributed by atoms with Gasteiger partial charge in [0.05, 0.1) is 6.10 Å². The summed E-state index contributed by atoms with van der Waals surface area (Å²) in [5, 5.41) is 15.8. The number of carbonyl (C=O) groups excluding carboxylic acids is 2. The Morgan fingerprint density at radius 3 is 2.51 bits per heavy atom. The van der Waals surface area contributed by atoms with E-state index < -0.39 is 11.6 Å². The average molecular weight is 529 g/mol. The normalized spacial score (nSPS) is 16.4. The number of amides is 2. The summed E-state index contributed by atoms with van der Waals surface area (Å²) < 4.78 is 19.1. The lowest BCUT2D eigenvalue weighted by atomic mass is 10.0. The molecule has 1 aliphatic heterocycles. The van der Waals surface area contributed by atoms with Crippen molar-refractivity contribution in [3.8, 4) is 11.4 Å². The van der Waals surface area contributed by atoms with E-state index in [-0.39, 0.29) is 42.6 Å². The number of rotatable bonds is 8. The molecule has 196 valence electrons. The summed E-state index contributed by atoms with van der Waals surface area (Å²) in [6, 6.07) is 11.6. The average Bonchev–Trinajstić information content (AvgIpc) is 3.51. The Kier molecular flexibility index (Phi) is 8.19. The van der Waals surface area contributed by atoms with Crippen molar-refractivity contribution < 1.29 is 18.7 Å². The van der Waals surface area contributed by atoms with Crippen molar-refractivity contribution in [1.29, 1.82) is 0 Å². The van der Waals surface area contributed by atoms with Crippen LogP contribution in [0.2, 0.25) is 5.02 Å². The molecule has 2 amide bonds. The van der Waals surface area contributed by atoms with Gasteiger partial charge in [0, 0.05) is 29.3 Å². The Morgan fingerprint density at radius 1 is 1.19 bits per heavy atom. The van der Waals surface area contributed by atoms with Crippen molar-refractivity contribution in [2.45, 2.75) is 57.8 Å². The van der Waals surface area contributed by atoms with Crippen LogP contribution in [0.4, 0.5) is 4.39 Å². The second-order valence-corrected chi connectivity index (χ2v) is 10.5. The maximum Gasteiger partial charge on any atom is 0.247 e. The number of aromatic nitrogens is 4. The number of carbonyl (C=O) groups is 2. The van der Waals surface area contributed by atoms with Gasteiger partial charge >= 0.3 is 0 Å². The fourth-order valence-electron chi connectivity index (χ4n) is 4.15. The third kappa shape index (κ3) is 7.11. The summed E-state index contributed by atoms with van der Waals surface area (Å²) >= 11 is 6.10. The quantitative estimate of drug-likeness (QED) is 0.477. The van der Waals surface area contributed by atoms with E-state index in [1.54, 1.807) is 24.3 Å². The third-order valence-corrected chi connectivity index (χ3v) is 6.07. The molecule has 1 aliphatic rings. The molecule has 0 spiro atoms. The molecule has 0 unspecified atom stereocenters. The van der Waals surface area contributed by atoms with Crippen LogP contribution >= 0.6 is 11.6 Å². The number of ether oxygens (including phenoxy) is 1. The summed E-state index contributed by atoms with van der Waals surface area (Å²) in [7, 11) is 0. The van der Waals surface area contributed by atoms with E-state index in [9.17, 15) is 14.0 Å². The highest BCUT2D eigenvalue weighted by atomic mass is 35.5. The molecule has 37 heavy (non-hydrogen) atoms. The van der Waals surface area contributed by atoms with Crippen molar-refractivity contribution in [2.75, 3.05) is 13.2 Å². The first-order valence-electron chi connectivity index (χ1n) is 12.1. The summed E-state index contributed by atoms with van der Waals surface area (Å²) in [5.41, 5.74) is 0.675. The Labute approximate surface area is 219 Å². The second kappa shape index (κ2) is 11.4. The predicted molar refractivity (Wildman–Crippen MR) is 136 cm³/mol. The zero-order valence-electron chi connectivity index (χ0n) is 21.0. The van der Waals surface area contributed by atoms with E-state index in [1.807, 2.05) is 20.8 Å². The van der Waals surface area contributed by atoms with E-state index in [0.717, 1.165) is 12.8 Å². The first-order chi connectivity index (χ1) is 17.6. The highest BCUT2D eigenvalue weighted by Crippen LogP contribution is 2.27. The van der Waals surface area contributed by atoms with Crippen LogP contribution in [0.5, 0.6) is 0 Å². The van der Waals surface area contributed by atoms with E-state index >= 15 is 0 Å². The molecule has 2 atom stereocenters. The zero-order chi connectivity index (χ0) is 26.6. The van der Waals surface area contributed by atoms with Gasteiger partial charge in [0.1, 0.15) is 18.4 Å². The Bertz CT molecular complexity index is 1220. The van der Waals surface area contributed by atoms with Gasteiger partial charge in [0.25, 0.3) is 0 Å². The fourth-order valence-corrected chi connectivity index (χ4v) is 4.28. The number of tetrazole rings is 1. The molecule has 11 heteroatoms. The first kappa shape index (κ1) is 26.7. The molecule has 0 radical (unpaired) electrons. The van der Waals surface area contributed by atoms with Crippen molar-refractivity contribution >= 4 is 23.4 Å². The highest BCUT2D eigenvalue weighted by molar-refractivity contribution is 6.30. The van der Waals surface area contributed by atoms with E-state index in [1.165, 1.54) is 34.0 Å². The molecular weight excluding hydrogens is 499 g/mol. The lowest BCUT2D eigenvalue weighted by Crippen LogP contribution is -2.51. The van der Waals surface area contributed by atoms with Gasteiger partial charge in [-0.25, -0.2) is 4.39 Å². The van der Waals surface area contributed by atoms with E-state index in [4.69, 9.17) is 16.3 Å². The summed E-state index contributed by atoms with van der Waals surface area (Å²) in [5.74, 6) is -0.807. The van der Waals surface area contributed by atoms with E-state index in [0.29, 0.717) is 22.8 Å². The molecule has 2 heterocycles. The molecule has 3 aromatic rings. The molecule has 0 bridgehead atoms. The van der Waals surface area contributed by atoms with Gasteiger partial charge in [0.15, 0.2) is 0 Å². The molecule has 0 saturated carbocycles. The maximum atomic E-state index is 13.7. The molecule has 1 saturated heterocycles. The number of benzene rings is 2.